The van der Waals surface area contributed by atoms with E-state index in [1.54, 1.807) is 0 Å². The third-order valence-electron chi connectivity index (χ3n) is 2.57. The summed E-state index contributed by atoms with van der Waals surface area (Å²) in [7, 11) is 0. The molecular weight excluding hydrogens is 250 g/mol. The van der Waals surface area contributed by atoms with Gasteiger partial charge in [0.05, 0.1) is 0 Å². The van der Waals surface area contributed by atoms with Gasteiger partial charge in [-0.25, -0.2) is 0 Å². The van der Waals surface area contributed by atoms with Crippen LogP contribution in [0.4, 0.5) is 0 Å². The van der Waals surface area contributed by atoms with Gasteiger partial charge in [-0.15, -0.1) is 5.92 Å². The van der Waals surface area contributed by atoms with Crippen molar-refractivity contribution < 1.29 is 0 Å². The fourth-order valence-electron chi connectivity index (χ4n) is 1.46. The van der Waals surface area contributed by atoms with Crippen molar-refractivity contribution in [3.63, 3.8) is 0 Å². The number of rotatable bonds is 5. The van der Waals surface area contributed by atoms with Gasteiger partial charge in [-0.2, -0.15) is 22.9 Å². The highest BCUT2D eigenvalue weighted by Gasteiger charge is 2.20. The van der Waals surface area contributed by atoms with Crippen molar-refractivity contribution in [3.8, 4) is 11.8 Å². The quantitative estimate of drug-likeness (QED) is 0.268. The fourth-order valence-corrected chi connectivity index (χ4v) is 1.79. The lowest BCUT2D eigenvalue weighted by Gasteiger charge is -2.23. The lowest BCUT2D eigenvalue weighted by Crippen LogP contribution is -2.12. The van der Waals surface area contributed by atoms with Crippen molar-refractivity contribution >= 4 is 28.5 Å². The van der Waals surface area contributed by atoms with Gasteiger partial charge in [0.1, 0.15) is 0 Å². The number of hydrogen-bond acceptors (Lipinski definition) is 0. The molecule has 0 nitrogen and oxygen atoms in total. The van der Waals surface area contributed by atoms with Gasteiger partial charge in [-0.1, -0.05) is 51.7 Å². The maximum absolute atomic E-state index is 5.85. The van der Waals surface area contributed by atoms with Crippen LogP contribution in [0, 0.1) is 17.3 Å². The Kier molecular flexibility index (Phi) is 8.92. The minimum Gasteiger partial charge on any atom is -0.171 e. The molecule has 0 spiro atoms. The fraction of sp³-hybridized carbons (Fsp3) is 0.714. The van der Waals surface area contributed by atoms with Crippen molar-refractivity contribution in [1.29, 1.82) is 0 Å². The summed E-state index contributed by atoms with van der Waals surface area (Å²) in [6, 6.07) is 0. The van der Waals surface area contributed by atoms with Crippen molar-refractivity contribution in [2.24, 2.45) is 5.41 Å². The molecule has 0 aromatic carbocycles. The number of hydrogen-bond donors (Lipinski definition) is 0. The molecule has 0 heterocycles. The summed E-state index contributed by atoms with van der Waals surface area (Å²) in [6.07, 6.45) is 7.10. The van der Waals surface area contributed by atoms with Gasteiger partial charge in [0.2, 0.25) is 0 Å². The molecule has 0 aliphatic carbocycles. The highest BCUT2D eigenvalue weighted by Crippen LogP contribution is 2.31. The van der Waals surface area contributed by atoms with Crippen LogP contribution in [0.3, 0.4) is 0 Å². The predicted octanol–water partition coefficient (Wildman–Crippen LogP) is 5.51. The maximum atomic E-state index is 5.85. The Bertz CT molecular complexity index is 290. The molecule has 0 saturated carbocycles. The second-order valence-corrected chi connectivity index (χ2v) is 6.51. The van der Waals surface area contributed by atoms with Gasteiger partial charge in [0, 0.05) is 12.8 Å². The molecule has 0 bridgehead atoms. The Labute approximate surface area is 117 Å². The molecule has 3 heteroatoms. The van der Waals surface area contributed by atoms with E-state index in [2.05, 4.69) is 45.6 Å². The summed E-state index contributed by atoms with van der Waals surface area (Å²) < 4.78 is 0. The van der Waals surface area contributed by atoms with Gasteiger partial charge < -0.3 is 0 Å². The zero-order chi connectivity index (χ0) is 13.3. The highest BCUT2D eigenvalue weighted by molar-refractivity contribution is 7.34. The van der Waals surface area contributed by atoms with E-state index in [0.29, 0.717) is 0 Å². The summed E-state index contributed by atoms with van der Waals surface area (Å²) in [4.78, 5) is 0. The summed E-state index contributed by atoms with van der Waals surface area (Å²) >= 11 is 11.7. The first-order valence-corrected chi connectivity index (χ1v) is 7.18. The van der Waals surface area contributed by atoms with Crippen molar-refractivity contribution in [3.05, 3.63) is 11.6 Å². The van der Waals surface area contributed by atoms with Gasteiger partial charge in [0.25, 0.3) is 0 Å². The smallest absolute Gasteiger partial charge is 0.171 e. The number of allylic oxidation sites excluding steroid dienone is 2. The zero-order valence-corrected chi connectivity index (χ0v) is 13.0. The average Bonchev–Trinajstić information content (AvgIpc) is 2.19. The summed E-state index contributed by atoms with van der Waals surface area (Å²) in [6.45, 7) is 8.72. The van der Waals surface area contributed by atoms with Crippen LogP contribution in [0.15, 0.2) is 11.6 Å². The minimum absolute atomic E-state index is 0.118. The van der Waals surface area contributed by atoms with Crippen molar-refractivity contribution in [2.75, 3.05) is 0 Å². The lowest BCUT2D eigenvalue weighted by molar-refractivity contribution is 0.502. The zero-order valence-electron chi connectivity index (χ0n) is 11.4. The number of halogens is 2. The summed E-state index contributed by atoms with van der Waals surface area (Å²) in [5.41, 5.74) is 1.08. The Morgan fingerprint density at radius 3 is 2.35 bits per heavy atom. The molecule has 0 radical (unpaired) electrons. The molecule has 0 fully saturated rings. The van der Waals surface area contributed by atoms with Crippen LogP contribution in [0.2, 0.25) is 6.32 Å². The minimum atomic E-state index is -0.325. The van der Waals surface area contributed by atoms with E-state index in [0.717, 1.165) is 19.2 Å². The molecule has 0 aromatic heterocycles. The first kappa shape index (κ1) is 16.9. The molecule has 96 valence electrons. The first-order chi connectivity index (χ1) is 7.88. The van der Waals surface area contributed by atoms with Crippen LogP contribution in [0.25, 0.3) is 0 Å². The van der Waals surface area contributed by atoms with E-state index < -0.39 is 0 Å². The van der Waals surface area contributed by atoms with E-state index >= 15 is 0 Å². The predicted molar refractivity (Wildman–Crippen MR) is 81.7 cm³/mol. The molecule has 0 N–H and O–H groups in total. The third-order valence-corrected chi connectivity index (χ3v) is 2.88. The first-order valence-electron chi connectivity index (χ1n) is 6.31. The van der Waals surface area contributed by atoms with Crippen LogP contribution in [-0.4, -0.2) is 5.54 Å². The van der Waals surface area contributed by atoms with Crippen LogP contribution < -0.4 is 0 Å². The van der Waals surface area contributed by atoms with Crippen LogP contribution in [0.5, 0.6) is 0 Å². The van der Waals surface area contributed by atoms with Crippen LogP contribution in [-0.2, 0) is 0 Å². The van der Waals surface area contributed by atoms with Gasteiger partial charge >= 0.3 is 5.54 Å². The highest BCUT2D eigenvalue weighted by atomic mass is 35.5. The summed E-state index contributed by atoms with van der Waals surface area (Å²) in [5, 5.41) is 0. The topological polar surface area (TPSA) is 0 Å². The van der Waals surface area contributed by atoms with E-state index in [4.69, 9.17) is 22.9 Å². The molecule has 0 aliphatic heterocycles. The molecule has 0 unspecified atom stereocenters. The van der Waals surface area contributed by atoms with E-state index in [1.807, 2.05) is 0 Å². The van der Waals surface area contributed by atoms with E-state index in [-0.39, 0.29) is 11.0 Å². The van der Waals surface area contributed by atoms with E-state index in [9.17, 15) is 0 Å². The second kappa shape index (κ2) is 8.95. The lowest BCUT2D eigenvalue weighted by atomic mass is 9.77. The van der Waals surface area contributed by atoms with Gasteiger partial charge in [0.15, 0.2) is 0 Å². The molecule has 0 rings (SSSR count). The Balaban J connectivity index is 4.33. The van der Waals surface area contributed by atoms with E-state index in [1.165, 1.54) is 18.4 Å². The van der Waals surface area contributed by atoms with Gasteiger partial charge in [-0.05, 0) is 18.2 Å². The average molecular weight is 273 g/mol. The number of unbranched alkanes of at least 4 members (excludes halogenated alkanes) is 2. The molecule has 17 heavy (non-hydrogen) atoms. The van der Waals surface area contributed by atoms with Crippen LogP contribution in [0.1, 0.15) is 53.4 Å². The van der Waals surface area contributed by atoms with Crippen molar-refractivity contribution in [2.45, 2.75) is 59.7 Å². The third kappa shape index (κ3) is 9.63. The molecule has 0 aromatic rings. The molecule has 0 atom stereocenters. The normalized spacial score (nSPS) is 12.0. The molecule has 0 aliphatic rings. The van der Waals surface area contributed by atoms with Gasteiger partial charge in [-0.3, -0.25) is 0 Å². The molecular formula is C14H23BCl2. The Hall–Kier alpha value is -0.0551. The monoisotopic (exact) mass is 272 g/mol. The van der Waals surface area contributed by atoms with Crippen molar-refractivity contribution in [1.82, 2.24) is 0 Å². The molecule has 0 saturated heterocycles. The van der Waals surface area contributed by atoms with Crippen LogP contribution >= 0.6 is 22.9 Å². The largest absolute Gasteiger partial charge is 0.355 e. The summed E-state index contributed by atoms with van der Waals surface area (Å²) in [5.74, 6) is 6.37. The SMILES string of the molecule is CCCCC#CC/C=C(\CB(Cl)Cl)C(C)(C)C. The molecule has 0 amide bonds. The standard InChI is InChI=1S/C14H23BCl2/c1-5-6-7-8-9-10-11-13(12-15(16)17)14(2,3)4/h11H,5-7,10,12H2,1-4H3/b13-11+. The maximum Gasteiger partial charge on any atom is 0.355 e. The Morgan fingerprint density at radius 1 is 1.24 bits per heavy atom. The second-order valence-electron chi connectivity index (χ2n) is 5.24. The Morgan fingerprint density at radius 2 is 1.88 bits per heavy atom.